The van der Waals surface area contributed by atoms with Crippen molar-refractivity contribution in [1.82, 2.24) is 4.90 Å². The van der Waals surface area contributed by atoms with Gasteiger partial charge in [-0.3, -0.25) is 4.79 Å². The number of rotatable bonds is 5. The lowest BCUT2D eigenvalue weighted by atomic mass is 10.1. The Hall–Kier alpha value is -2.08. The average Bonchev–Trinajstić information content (AvgIpc) is 3.03. The molecule has 1 amide bonds. The zero-order valence-corrected chi connectivity index (χ0v) is 13.3. The number of nitrogens with zero attached hydrogens (tertiary/aromatic N) is 1. The van der Waals surface area contributed by atoms with Crippen molar-refractivity contribution in [2.45, 2.75) is 19.6 Å². The van der Waals surface area contributed by atoms with Crippen molar-refractivity contribution in [3.63, 3.8) is 0 Å². The average molecular weight is 339 g/mol. The van der Waals surface area contributed by atoms with Crippen molar-refractivity contribution in [3.8, 4) is 0 Å². The number of hydrogen-bond acceptors (Lipinski definition) is 2. The van der Waals surface area contributed by atoms with Crippen molar-refractivity contribution in [2.75, 3.05) is 6.54 Å². The molecule has 2 nitrogen and oxygen atoms in total. The van der Waals surface area contributed by atoms with E-state index < -0.39 is 11.7 Å². The van der Waals surface area contributed by atoms with Crippen LogP contribution in [-0.4, -0.2) is 17.4 Å². The molecular weight excluding hydrogens is 323 g/mol. The summed E-state index contributed by atoms with van der Waals surface area (Å²) in [5.74, 6) is -0.166. The van der Waals surface area contributed by atoms with E-state index in [2.05, 4.69) is 0 Å². The molecule has 1 aromatic carbocycles. The highest BCUT2D eigenvalue weighted by atomic mass is 32.1. The number of amides is 1. The number of alkyl halides is 3. The second kappa shape index (κ2) is 7.46. The van der Waals surface area contributed by atoms with E-state index in [0.29, 0.717) is 18.7 Å². The Bertz CT molecular complexity index is 660. The molecule has 0 unspecified atom stereocenters. The smallest absolute Gasteiger partial charge is 0.334 e. The fourth-order valence-electron chi connectivity index (χ4n) is 1.99. The molecule has 0 fully saturated rings. The quantitative estimate of drug-likeness (QED) is 0.715. The molecule has 0 saturated carbocycles. The standard InChI is InChI=1S/C17H16F3NOS/c1-2-21(12-15-4-3-11-23-15)16(22)10-7-13-5-8-14(9-6-13)17(18,19)20/h3-11H,2,12H2,1H3/b10-7+. The van der Waals surface area contributed by atoms with Crippen LogP contribution in [0.3, 0.4) is 0 Å². The molecule has 0 bridgehead atoms. The predicted octanol–water partition coefficient (Wildman–Crippen LogP) is 4.83. The van der Waals surface area contributed by atoms with Crippen molar-refractivity contribution in [3.05, 3.63) is 63.9 Å². The first-order valence-corrected chi connectivity index (χ1v) is 7.94. The van der Waals surface area contributed by atoms with Gasteiger partial charge in [-0.05, 0) is 42.1 Å². The van der Waals surface area contributed by atoms with Gasteiger partial charge in [-0.15, -0.1) is 11.3 Å². The van der Waals surface area contributed by atoms with Crippen LogP contribution in [0.15, 0.2) is 47.9 Å². The molecule has 0 radical (unpaired) electrons. The number of carbonyl (C=O) groups is 1. The van der Waals surface area contributed by atoms with E-state index >= 15 is 0 Å². The summed E-state index contributed by atoms with van der Waals surface area (Å²) in [5.41, 5.74) is -0.146. The Balaban J connectivity index is 2.01. The van der Waals surface area contributed by atoms with Crippen molar-refractivity contribution in [1.29, 1.82) is 0 Å². The third-order valence-corrected chi connectivity index (χ3v) is 4.14. The Morgan fingerprint density at radius 3 is 2.43 bits per heavy atom. The number of thiophene rings is 1. The maximum Gasteiger partial charge on any atom is 0.416 e. The molecule has 1 heterocycles. The number of carbonyl (C=O) groups excluding carboxylic acids is 1. The minimum atomic E-state index is -4.35. The van der Waals surface area contributed by atoms with E-state index in [0.717, 1.165) is 17.0 Å². The Labute approximate surface area is 136 Å². The molecule has 2 aromatic rings. The summed E-state index contributed by atoms with van der Waals surface area (Å²) in [6.45, 7) is 2.98. The molecule has 0 aliphatic rings. The predicted molar refractivity (Wildman–Crippen MR) is 85.9 cm³/mol. The van der Waals surface area contributed by atoms with Crippen molar-refractivity contribution < 1.29 is 18.0 Å². The molecule has 0 aliphatic heterocycles. The highest BCUT2D eigenvalue weighted by Crippen LogP contribution is 2.29. The number of benzene rings is 1. The van der Waals surface area contributed by atoms with E-state index in [-0.39, 0.29) is 5.91 Å². The first-order chi connectivity index (χ1) is 10.9. The lowest BCUT2D eigenvalue weighted by Crippen LogP contribution is -2.28. The van der Waals surface area contributed by atoms with E-state index in [1.807, 2.05) is 24.4 Å². The lowest BCUT2D eigenvalue weighted by Gasteiger charge is -2.18. The van der Waals surface area contributed by atoms with Crippen LogP contribution in [0, 0.1) is 0 Å². The van der Waals surface area contributed by atoms with E-state index in [9.17, 15) is 18.0 Å². The fourth-order valence-corrected chi connectivity index (χ4v) is 2.71. The molecule has 23 heavy (non-hydrogen) atoms. The van der Waals surface area contributed by atoms with E-state index in [4.69, 9.17) is 0 Å². The van der Waals surface area contributed by atoms with Crippen LogP contribution in [-0.2, 0) is 17.5 Å². The van der Waals surface area contributed by atoms with Crippen LogP contribution in [0.2, 0.25) is 0 Å². The molecule has 1 aromatic heterocycles. The third kappa shape index (κ3) is 4.96. The third-order valence-electron chi connectivity index (χ3n) is 3.28. The molecule has 0 aliphatic carbocycles. The number of hydrogen-bond donors (Lipinski definition) is 0. The monoisotopic (exact) mass is 339 g/mol. The van der Waals surface area contributed by atoms with Gasteiger partial charge in [-0.2, -0.15) is 13.2 Å². The van der Waals surface area contributed by atoms with Gasteiger partial charge in [-0.1, -0.05) is 18.2 Å². The Morgan fingerprint density at radius 2 is 1.91 bits per heavy atom. The second-order valence-electron chi connectivity index (χ2n) is 4.88. The van der Waals surface area contributed by atoms with Crippen molar-refractivity contribution >= 4 is 23.3 Å². The zero-order chi connectivity index (χ0) is 16.9. The zero-order valence-electron chi connectivity index (χ0n) is 12.5. The van der Waals surface area contributed by atoms with Crippen LogP contribution in [0.25, 0.3) is 6.08 Å². The summed E-state index contributed by atoms with van der Waals surface area (Å²) in [6, 6.07) is 8.60. The minimum Gasteiger partial charge on any atom is -0.334 e. The van der Waals surface area contributed by atoms with Crippen molar-refractivity contribution in [2.24, 2.45) is 0 Å². The largest absolute Gasteiger partial charge is 0.416 e. The van der Waals surface area contributed by atoms with E-state index in [1.165, 1.54) is 24.3 Å². The van der Waals surface area contributed by atoms with Crippen LogP contribution in [0.1, 0.15) is 22.9 Å². The van der Waals surface area contributed by atoms with Gasteiger partial charge in [0.1, 0.15) is 0 Å². The van der Waals surface area contributed by atoms with Gasteiger partial charge < -0.3 is 4.90 Å². The highest BCUT2D eigenvalue weighted by Gasteiger charge is 2.29. The van der Waals surface area contributed by atoms with Crippen LogP contribution in [0.5, 0.6) is 0 Å². The molecule has 0 saturated heterocycles. The van der Waals surface area contributed by atoms with Gasteiger partial charge in [-0.25, -0.2) is 0 Å². The summed E-state index contributed by atoms with van der Waals surface area (Å²) < 4.78 is 37.5. The van der Waals surface area contributed by atoms with Crippen LogP contribution >= 0.6 is 11.3 Å². The lowest BCUT2D eigenvalue weighted by molar-refractivity contribution is -0.137. The topological polar surface area (TPSA) is 20.3 Å². The second-order valence-corrected chi connectivity index (χ2v) is 5.92. The molecule has 122 valence electrons. The summed E-state index contributed by atoms with van der Waals surface area (Å²) >= 11 is 1.58. The number of halogens is 3. The summed E-state index contributed by atoms with van der Waals surface area (Å²) in [5, 5.41) is 1.95. The molecule has 0 N–H and O–H groups in total. The number of likely N-dealkylation sites (N-methyl/N-ethyl adjacent to an activating group) is 1. The maximum absolute atomic E-state index is 12.5. The van der Waals surface area contributed by atoms with Crippen LogP contribution in [0.4, 0.5) is 13.2 Å². The molecule has 0 spiro atoms. The maximum atomic E-state index is 12.5. The van der Waals surface area contributed by atoms with Gasteiger partial charge in [0.25, 0.3) is 0 Å². The fraction of sp³-hybridized carbons (Fsp3) is 0.235. The SMILES string of the molecule is CCN(Cc1cccs1)C(=O)/C=C/c1ccc(C(F)(F)F)cc1. The molecular formula is C17H16F3NOS. The van der Waals surface area contributed by atoms with Gasteiger partial charge >= 0.3 is 6.18 Å². The molecule has 6 heteroatoms. The highest BCUT2D eigenvalue weighted by molar-refractivity contribution is 7.09. The van der Waals surface area contributed by atoms with E-state index in [1.54, 1.807) is 16.2 Å². The minimum absolute atomic E-state index is 0.166. The van der Waals surface area contributed by atoms with Gasteiger partial charge in [0.2, 0.25) is 5.91 Å². The Morgan fingerprint density at radius 1 is 1.22 bits per heavy atom. The van der Waals surface area contributed by atoms with Gasteiger partial charge in [0.15, 0.2) is 0 Å². The Kier molecular flexibility index (Phi) is 5.60. The van der Waals surface area contributed by atoms with Crippen LogP contribution < -0.4 is 0 Å². The summed E-state index contributed by atoms with van der Waals surface area (Å²) in [6.07, 6.45) is -1.43. The molecule has 0 atom stereocenters. The summed E-state index contributed by atoms with van der Waals surface area (Å²) in [7, 11) is 0. The van der Waals surface area contributed by atoms with Gasteiger partial charge in [0.05, 0.1) is 12.1 Å². The molecule has 2 rings (SSSR count). The van der Waals surface area contributed by atoms with Gasteiger partial charge in [0, 0.05) is 17.5 Å². The first kappa shape index (κ1) is 17.3. The first-order valence-electron chi connectivity index (χ1n) is 7.07. The summed E-state index contributed by atoms with van der Waals surface area (Å²) in [4.78, 5) is 14.9. The normalized spacial score (nSPS) is 11.8.